The fourth-order valence-corrected chi connectivity index (χ4v) is 6.22. The van der Waals surface area contributed by atoms with E-state index in [0.717, 1.165) is 78.0 Å². The summed E-state index contributed by atoms with van der Waals surface area (Å²) < 4.78 is 8.03. The van der Waals surface area contributed by atoms with E-state index in [0.29, 0.717) is 18.4 Å². The van der Waals surface area contributed by atoms with Gasteiger partial charge in [-0.1, -0.05) is 30.3 Å². The minimum atomic E-state index is -0.154. The van der Waals surface area contributed by atoms with Crippen molar-refractivity contribution in [2.75, 3.05) is 40.3 Å². The average Bonchev–Trinajstić information content (AvgIpc) is 3.37. The molecule has 1 N–H and O–H groups in total. The number of benzene rings is 1. The van der Waals surface area contributed by atoms with Crippen molar-refractivity contribution in [3.8, 4) is 0 Å². The fourth-order valence-electron chi connectivity index (χ4n) is 6.22. The summed E-state index contributed by atoms with van der Waals surface area (Å²) in [6, 6.07) is 10.4. The van der Waals surface area contributed by atoms with Crippen molar-refractivity contribution in [2.24, 2.45) is 5.41 Å². The van der Waals surface area contributed by atoms with Crippen LogP contribution >= 0.6 is 0 Å². The monoisotopic (exact) mass is 465 g/mol. The Morgan fingerprint density at radius 3 is 2.74 bits per heavy atom. The minimum absolute atomic E-state index is 0.154. The lowest BCUT2D eigenvalue weighted by molar-refractivity contribution is -0.138. The van der Waals surface area contributed by atoms with Crippen LogP contribution in [0.4, 0.5) is 0 Å². The third-order valence-electron chi connectivity index (χ3n) is 8.19. The molecule has 1 amide bonds. The highest BCUT2D eigenvalue weighted by Crippen LogP contribution is 2.50. The molecule has 34 heavy (non-hydrogen) atoms. The molecule has 0 unspecified atom stereocenters. The van der Waals surface area contributed by atoms with E-state index in [9.17, 15) is 4.79 Å². The predicted octanol–water partition coefficient (Wildman–Crippen LogP) is 3.14. The molecule has 184 valence electrons. The first-order valence-corrected chi connectivity index (χ1v) is 12.9. The van der Waals surface area contributed by atoms with Gasteiger partial charge >= 0.3 is 0 Å². The Labute approximate surface area is 203 Å². The van der Waals surface area contributed by atoms with E-state index >= 15 is 0 Å². The number of rotatable bonds is 8. The molecule has 1 saturated heterocycles. The first kappa shape index (κ1) is 23.5. The number of fused-ring (bicyclic) bond motifs is 1. The third kappa shape index (κ3) is 4.66. The molecule has 2 fully saturated rings. The molecule has 2 aliphatic heterocycles. The van der Waals surface area contributed by atoms with Gasteiger partial charge in [-0.2, -0.15) is 5.10 Å². The van der Waals surface area contributed by atoms with E-state index in [1.54, 1.807) is 0 Å². The smallest absolute Gasteiger partial charge is 0.229 e. The molecule has 5 rings (SSSR count). The summed E-state index contributed by atoms with van der Waals surface area (Å²) in [5.74, 6) is 0.849. The van der Waals surface area contributed by atoms with Crippen molar-refractivity contribution in [1.82, 2.24) is 24.9 Å². The van der Waals surface area contributed by atoms with E-state index in [4.69, 9.17) is 9.84 Å². The number of aromatic nitrogens is 2. The number of carbonyl (C=O) groups excluding carboxylic acids is 1. The van der Waals surface area contributed by atoms with Gasteiger partial charge in [0.1, 0.15) is 0 Å². The second-order valence-electron chi connectivity index (χ2n) is 10.4. The molecular formula is C27H39N5O2. The Kier molecular flexibility index (Phi) is 7.04. The summed E-state index contributed by atoms with van der Waals surface area (Å²) in [5.41, 5.74) is 4.97. The third-order valence-corrected chi connectivity index (χ3v) is 8.19. The van der Waals surface area contributed by atoms with Crippen LogP contribution in [0.15, 0.2) is 30.3 Å². The molecule has 1 aromatic heterocycles. The normalized spacial score (nSPS) is 24.9. The Morgan fingerprint density at radius 1 is 1.18 bits per heavy atom. The lowest BCUT2D eigenvalue weighted by atomic mass is 9.67. The maximum Gasteiger partial charge on any atom is 0.229 e. The van der Waals surface area contributed by atoms with E-state index in [1.165, 1.54) is 22.5 Å². The molecule has 2 aromatic rings. The van der Waals surface area contributed by atoms with Crippen LogP contribution < -0.4 is 5.32 Å². The zero-order valence-electron chi connectivity index (χ0n) is 20.8. The fraction of sp³-hybridized carbons (Fsp3) is 0.630. The average molecular weight is 466 g/mol. The zero-order chi connectivity index (χ0) is 23.5. The Bertz CT molecular complexity index is 980. The highest BCUT2D eigenvalue weighted by Gasteiger charge is 2.49. The number of likely N-dealkylation sites (N-methyl/N-ethyl adjacent to an activating group) is 2. The van der Waals surface area contributed by atoms with Crippen LogP contribution in [0.5, 0.6) is 0 Å². The van der Waals surface area contributed by atoms with Crippen molar-refractivity contribution in [1.29, 1.82) is 0 Å². The van der Waals surface area contributed by atoms with Gasteiger partial charge in [0, 0.05) is 38.3 Å². The summed E-state index contributed by atoms with van der Waals surface area (Å²) in [7, 11) is 4.17. The maximum absolute atomic E-state index is 13.5. The van der Waals surface area contributed by atoms with Crippen LogP contribution in [-0.4, -0.2) is 65.8 Å². The second kappa shape index (κ2) is 10.2. The molecule has 0 radical (unpaired) electrons. The van der Waals surface area contributed by atoms with Crippen LogP contribution in [0.25, 0.3) is 0 Å². The van der Waals surface area contributed by atoms with Gasteiger partial charge in [-0.25, -0.2) is 0 Å². The standard InChI is InChI=1S/C27H39N5O2/c1-28-13-15-30(2)19-23-25(24-20-34-17-16-32(24)29-23)22-8-10-27(11-9-22)12-14-31(26(27)33)18-21-6-4-3-5-7-21/h3-7,22,28H,8-20H2,1-2H3/t22-,27-. The van der Waals surface area contributed by atoms with Crippen molar-refractivity contribution >= 4 is 5.91 Å². The topological polar surface area (TPSA) is 62.6 Å². The van der Waals surface area contributed by atoms with Gasteiger partial charge in [0.15, 0.2) is 0 Å². The van der Waals surface area contributed by atoms with Crippen LogP contribution in [0.1, 0.15) is 60.5 Å². The van der Waals surface area contributed by atoms with Crippen LogP contribution in [0.2, 0.25) is 0 Å². The number of amides is 1. The van der Waals surface area contributed by atoms with E-state index in [2.05, 4.69) is 51.1 Å². The van der Waals surface area contributed by atoms with Gasteiger partial charge < -0.3 is 15.0 Å². The van der Waals surface area contributed by atoms with Crippen molar-refractivity contribution < 1.29 is 9.53 Å². The maximum atomic E-state index is 13.5. The summed E-state index contributed by atoms with van der Waals surface area (Å²) in [5, 5.41) is 8.28. The quantitative estimate of drug-likeness (QED) is 0.649. The van der Waals surface area contributed by atoms with Crippen molar-refractivity contribution in [3.63, 3.8) is 0 Å². The van der Waals surface area contributed by atoms with Gasteiger partial charge in [-0.15, -0.1) is 0 Å². The van der Waals surface area contributed by atoms with E-state index < -0.39 is 0 Å². The molecule has 7 nitrogen and oxygen atoms in total. The largest absolute Gasteiger partial charge is 0.373 e. The number of carbonyl (C=O) groups is 1. The van der Waals surface area contributed by atoms with Crippen LogP contribution in [0, 0.1) is 5.41 Å². The SMILES string of the molecule is CNCCN(C)Cc1nn2c(c1[C@H]1CC[C@@]3(CCN(Cc4ccccc4)C3=O)CC1)COCC2. The molecular weight excluding hydrogens is 426 g/mol. The van der Waals surface area contributed by atoms with Gasteiger partial charge in [0.2, 0.25) is 5.91 Å². The number of nitrogens with one attached hydrogen (secondary N) is 1. The summed E-state index contributed by atoms with van der Waals surface area (Å²) in [6.07, 6.45) is 5.11. The second-order valence-corrected chi connectivity index (χ2v) is 10.4. The lowest BCUT2D eigenvalue weighted by Gasteiger charge is -2.36. The van der Waals surface area contributed by atoms with Gasteiger partial charge in [0.25, 0.3) is 0 Å². The molecule has 7 heteroatoms. The number of hydrogen-bond donors (Lipinski definition) is 1. The first-order chi connectivity index (χ1) is 16.6. The molecule has 1 aliphatic carbocycles. The van der Waals surface area contributed by atoms with E-state index in [1.807, 2.05) is 13.1 Å². The van der Waals surface area contributed by atoms with E-state index in [-0.39, 0.29) is 5.41 Å². The zero-order valence-corrected chi connectivity index (χ0v) is 20.8. The number of ether oxygens (including phenoxy) is 1. The number of hydrogen-bond acceptors (Lipinski definition) is 5. The van der Waals surface area contributed by atoms with Gasteiger partial charge in [0.05, 0.1) is 36.6 Å². The molecule has 1 saturated carbocycles. The van der Waals surface area contributed by atoms with Crippen LogP contribution in [-0.2, 0) is 35.8 Å². The summed E-state index contributed by atoms with van der Waals surface area (Å²) in [6.45, 7) is 6.69. The molecule has 3 aliphatic rings. The number of likely N-dealkylation sites (tertiary alicyclic amines) is 1. The molecule has 1 aromatic carbocycles. The van der Waals surface area contributed by atoms with Crippen LogP contribution in [0.3, 0.4) is 0 Å². The number of nitrogens with zero attached hydrogens (tertiary/aromatic N) is 4. The molecule has 0 bridgehead atoms. The summed E-state index contributed by atoms with van der Waals surface area (Å²) >= 11 is 0. The predicted molar refractivity (Wildman–Crippen MR) is 132 cm³/mol. The summed E-state index contributed by atoms with van der Waals surface area (Å²) in [4.78, 5) is 17.9. The first-order valence-electron chi connectivity index (χ1n) is 12.9. The highest BCUT2D eigenvalue weighted by molar-refractivity contribution is 5.85. The Hall–Kier alpha value is -2.22. The molecule has 1 spiro atoms. The molecule has 3 heterocycles. The highest BCUT2D eigenvalue weighted by atomic mass is 16.5. The lowest BCUT2D eigenvalue weighted by Crippen LogP contribution is -2.37. The van der Waals surface area contributed by atoms with Crippen molar-refractivity contribution in [3.05, 3.63) is 52.8 Å². The van der Waals surface area contributed by atoms with Crippen molar-refractivity contribution in [2.45, 2.75) is 64.3 Å². The molecule has 0 atom stereocenters. The van der Waals surface area contributed by atoms with Gasteiger partial charge in [-0.05, 0) is 57.7 Å². The minimum Gasteiger partial charge on any atom is -0.373 e. The Morgan fingerprint density at radius 2 is 1.97 bits per heavy atom. The Balaban J connectivity index is 1.29. The van der Waals surface area contributed by atoms with Gasteiger partial charge in [-0.3, -0.25) is 14.4 Å².